The minimum atomic E-state index is -0.320. The molecule has 5 heteroatoms. The second kappa shape index (κ2) is 6.62. The molecule has 0 aliphatic carbocycles. The standard InChI is InChI=1S/C13H16N2O3/c1-3-18-12(16)6-9-4-5-10(7-14)13(17-2)11(9)8-15/h4-5H,3,6,8,15H2,1-2H3. The van der Waals surface area contributed by atoms with Gasteiger partial charge >= 0.3 is 5.97 Å². The molecule has 0 heterocycles. The van der Waals surface area contributed by atoms with Crippen molar-refractivity contribution in [2.45, 2.75) is 19.9 Å². The summed E-state index contributed by atoms with van der Waals surface area (Å²) >= 11 is 0. The maximum atomic E-state index is 11.5. The van der Waals surface area contributed by atoms with Crippen LogP contribution in [0.25, 0.3) is 0 Å². The zero-order chi connectivity index (χ0) is 13.5. The first-order chi connectivity index (χ1) is 8.67. The highest BCUT2D eigenvalue weighted by Gasteiger charge is 2.15. The van der Waals surface area contributed by atoms with Gasteiger partial charge < -0.3 is 15.2 Å². The summed E-state index contributed by atoms with van der Waals surface area (Å²) in [5.74, 6) is 0.112. The number of nitrogens with two attached hydrogens (primary N) is 1. The molecule has 0 aromatic heterocycles. The molecule has 1 aromatic carbocycles. The lowest BCUT2D eigenvalue weighted by Crippen LogP contribution is -2.12. The molecule has 0 radical (unpaired) electrons. The smallest absolute Gasteiger partial charge is 0.310 e. The van der Waals surface area contributed by atoms with E-state index in [4.69, 9.17) is 20.5 Å². The van der Waals surface area contributed by atoms with Gasteiger partial charge in [-0.15, -0.1) is 0 Å². The molecule has 0 bridgehead atoms. The number of rotatable bonds is 5. The zero-order valence-electron chi connectivity index (χ0n) is 10.5. The number of carbonyl (C=O) groups is 1. The Bertz CT molecular complexity index is 478. The highest BCUT2D eigenvalue weighted by Crippen LogP contribution is 2.27. The van der Waals surface area contributed by atoms with Crippen LogP contribution < -0.4 is 10.5 Å². The molecule has 96 valence electrons. The van der Waals surface area contributed by atoms with Crippen molar-refractivity contribution in [1.82, 2.24) is 0 Å². The van der Waals surface area contributed by atoms with E-state index in [2.05, 4.69) is 0 Å². The fraction of sp³-hybridized carbons (Fsp3) is 0.385. The summed E-state index contributed by atoms with van der Waals surface area (Å²) in [4.78, 5) is 11.5. The third kappa shape index (κ3) is 2.99. The van der Waals surface area contributed by atoms with Gasteiger partial charge in [0.1, 0.15) is 11.8 Å². The third-order valence-electron chi connectivity index (χ3n) is 2.53. The van der Waals surface area contributed by atoms with E-state index in [1.54, 1.807) is 19.1 Å². The quantitative estimate of drug-likeness (QED) is 0.789. The van der Waals surface area contributed by atoms with E-state index in [9.17, 15) is 4.79 Å². The molecule has 0 atom stereocenters. The Labute approximate surface area is 106 Å². The summed E-state index contributed by atoms with van der Waals surface area (Å²) < 4.78 is 10.1. The molecule has 0 aliphatic rings. The Morgan fingerprint density at radius 1 is 1.50 bits per heavy atom. The van der Waals surface area contributed by atoms with Crippen LogP contribution in [0.4, 0.5) is 0 Å². The van der Waals surface area contributed by atoms with Crippen LogP contribution in [0.1, 0.15) is 23.6 Å². The van der Waals surface area contributed by atoms with Crippen LogP contribution in [0.3, 0.4) is 0 Å². The molecule has 0 aliphatic heterocycles. The molecule has 1 aromatic rings. The highest BCUT2D eigenvalue weighted by molar-refractivity contribution is 5.74. The van der Waals surface area contributed by atoms with Crippen molar-refractivity contribution in [3.63, 3.8) is 0 Å². The molecule has 0 saturated heterocycles. The number of methoxy groups -OCH3 is 1. The van der Waals surface area contributed by atoms with Crippen molar-refractivity contribution in [3.8, 4) is 11.8 Å². The van der Waals surface area contributed by atoms with Crippen molar-refractivity contribution in [2.75, 3.05) is 13.7 Å². The number of nitrogens with zero attached hydrogens (tertiary/aromatic N) is 1. The van der Waals surface area contributed by atoms with Crippen molar-refractivity contribution in [2.24, 2.45) is 5.73 Å². The van der Waals surface area contributed by atoms with Crippen LogP contribution >= 0.6 is 0 Å². The minimum Gasteiger partial charge on any atom is -0.495 e. The first kappa shape index (κ1) is 14.0. The molecule has 0 amide bonds. The first-order valence-corrected chi connectivity index (χ1v) is 5.62. The fourth-order valence-corrected chi connectivity index (χ4v) is 1.75. The zero-order valence-corrected chi connectivity index (χ0v) is 10.5. The van der Waals surface area contributed by atoms with Crippen LogP contribution in [-0.2, 0) is 22.5 Å². The maximum Gasteiger partial charge on any atom is 0.310 e. The minimum absolute atomic E-state index is 0.127. The second-order valence-corrected chi connectivity index (χ2v) is 3.58. The average Bonchev–Trinajstić information content (AvgIpc) is 2.38. The predicted molar refractivity (Wildman–Crippen MR) is 65.9 cm³/mol. The maximum absolute atomic E-state index is 11.5. The molecule has 18 heavy (non-hydrogen) atoms. The van der Waals surface area contributed by atoms with E-state index in [0.29, 0.717) is 23.5 Å². The van der Waals surface area contributed by atoms with Gasteiger partial charge in [-0.3, -0.25) is 4.79 Å². The number of carbonyl (C=O) groups excluding carboxylic acids is 1. The van der Waals surface area contributed by atoms with E-state index in [-0.39, 0.29) is 18.9 Å². The van der Waals surface area contributed by atoms with Gasteiger partial charge in [0.05, 0.1) is 25.7 Å². The summed E-state index contributed by atoms with van der Waals surface area (Å²) in [6, 6.07) is 5.36. The van der Waals surface area contributed by atoms with Gasteiger partial charge in [0, 0.05) is 12.1 Å². The monoisotopic (exact) mass is 248 g/mol. The van der Waals surface area contributed by atoms with E-state index in [1.807, 2.05) is 6.07 Å². The molecule has 1 rings (SSSR count). The lowest BCUT2D eigenvalue weighted by atomic mass is 10.00. The Kier molecular flexibility index (Phi) is 5.15. The van der Waals surface area contributed by atoms with Crippen molar-refractivity contribution < 1.29 is 14.3 Å². The second-order valence-electron chi connectivity index (χ2n) is 3.58. The lowest BCUT2D eigenvalue weighted by molar-refractivity contribution is -0.142. The Morgan fingerprint density at radius 2 is 2.22 bits per heavy atom. The van der Waals surface area contributed by atoms with E-state index in [1.165, 1.54) is 7.11 Å². The van der Waals surface area contributed by atoms with Gasteiger partial charge in [0.25, 0.3) is 0 Å². The predicted octanol–water partition coefficient (Wildman–Crippen LogP) is 1.13. The average molecular weight is 248 g/mol. The summed E-state index contributed by atoms with van der Waals surface area (Å²) in [5, 5.41) is 8.96. The molecule has 0 unspecified atom stereocenters. The summed E-state index contributed by atoms with van der Waals surface area (Å²) in [6.07, 6.45) is 0.127. The lowest BCUT2D eigenvalue weighted by Gasteiger charge is -2.13. The van der Waals surface area contributed by atoms with Crippen LogP contribution in [0.15, 0.2) is 12.1 Å². The number of esters is 1. The number of ether oxygens (including phenoxy) is 2. The third-order valence-corrected chi connectivity index (χ3v) is 2.53. The molecule has 0 saturated carbocycles. The Balaban J connectivity index is 3.13. The van der Waals surface area contributed by atoms with Crippen molar-refractivity contribution in [1.29, 1.82) is 5.26 Å². The molecular weight excluding hydrogens is 232 g/mol. The topological polar surface area (TPSA) is 85.3 Å². The normalized spacial score (nSPS) is 9.67. The summed E-state index contributed by atoms with van der Waals surface area (Å²) in [5.41, 5.74) is 7.47. The molecule has 2 N–H and O–H groups in total. The van der Waals surface area contributed by atoms with Gasteiger partial charge in [0.15, 0.2) is 0 Å². The van der Waals surface area contributed by atoms with Crippen molar-refractivity contribution in [3.05, 3.63) is 28.8 Å². The highest BCUT2D eigenvalue weighted by atomic mass is 16.5. The fourth-order valence-electron chi connectivity index (χ4n) is 1.75. The summed E-state index contributed by atoms with van der Waals surface area (Å²) in [7, 11) is 1.48. The van der Waals surface area contributed by atoms with Crippen LogP contribution in [0, 0.1) is 11.3 Å². The Hall–Kier alpha value is -2.06. The molecular formula is C13H16N2O3. The van der Waals surface area contributed by atoms with Crippen LogP contribution in [0.2, 0.25) is 0 Å². The number of nitriles is 1. The van der Waals surface area contributed by atoms with Gasteiger partial charge in [0.2, 0.25) is 0 Å². The molecule has 5 nitrogen and oxygen atoms in total. The summed E-state index contributed by atoms with van der Waals surface area (Å²) in [6.45, 7) is 2.29. The molecule has 0 fully saturated rings. The number of benzene rings is 1. The van der Waals surface area contributed by atoms with Gasteiger partial charge in [-0.2, -0.15) is 5.26 Å². The van der Waals surface area contributed by atoms with E-state index in [0.717, 1.165) is 5.56 Å². The molecule has 0 spiro atoms. The Morgan fingerprint density at radius 3 is 2.72 bits per heavy atom. The van der Waals surface area contributed by atoms with Crippen LogP contribution in [-0.4, -0.2) is 19.7 Å². The van der Waals surface area contributed by atoms with Crippen LogP contribution in [0.5, 0.6) is 5.75 Å². The van der Waals surface area contributed by atoms with Crippen molar-refractivity contribution >= 4 is 5.97 Å². The van der Waals surface area contributed by atoms with Gasteiger partial charge in [-0.25, -0.2) is 0 Å². The first-order valence-electron chi connectivity index (χ1n) is 5.62. The number of hydrogen-bond acceptors (Lipinski definition) is 5. The number of hydrogen-bond donors (Lipinski definition) is 1. The van der Waals surface area contributed by atoms with Gasteiger partial charge in [-0.1, -0.05) is 6.07 Å². The SMILES string of the molecule is CCOC(=O)Cc1ccc(C#N)c(OC)c1CN. The van der Waals surface area contributed by atoms with E-state index < -0.39 is 0 Å². The van der Waals surface area contributed by atoms with E-state index >= 15 is 0 Å². The van der Waals surface area contributed by atoms with Gasteiger partial charge in [-0.05, 0) is 18.6 Å². The largest absolute Gasteiger partial charge is 0.495 e.